The monoisotopic (exact) mass is 429 g/mol. The molecule has 0 spiro atoms. The summed E-state index contributed by atoms with van der Waals surface area (Å²) in [6.45, 7) is 2.19. The van der Waals surface area contributed by atoms with Gasteiger partial charge in [-0.2, -0.15) is 18.3 Å². The minimum Gasteiger partial charge on any atom is -0.486 e. The zero-order valence-electron chi connectivity index (χ0n) is 16.2. The van der Waals surface area contributed by atoms with Gasteiger partial charge in [0.15, 0.2) is 17.1 Å². The van der Waals surface area contributed by atoms with Crippen LogP contribution in [0.3, 0.4) is 0 Å². The van der Waals surface area contributed by atoms with Crippen LogP contribution in [0.25, 0.3) is 28.0 Å². The predicted molar refractivity (Wildman–Crippen MR) is 105 cm³/mol. The number of alkyl halides is 3. The molecule has 5 rings (SSSR count). The number of hydrogen-bond donors (Lipinski definition) is 0. The number of hydrogen-bond acceptors (Lipinski definition) is 4. The van der Waals surface area contributed by atoms with Gasteiger partial charge in [-0.15, -0.1) is 0 Å². The Bertz CT molecular complexity index is 1310. The van der Waals surface area contributed by atoms with E-state index < -0.39 is 17.6 Å². The average molecular weight is 429 g/mol. The Hall–Kier alpha value is -3.62. The smallest absolute Gasteiger partial charge is 0.417 e. The van der Waals surface area contributed by atoms with Gasteiger partial charge < -0.3 is 9.47 Å². The molecule has 1 aliphatic heterocycles. The second-order valence-electron chi connectivity index (χ2n) is 7.06. The molecule has 9 heteroatoms. The van der Waals surface area contributed by atoms with Crippen molar-refractivity contribution in [3.8, 4) is 28.4 Å². The van der Waals surface area contributed by atoms with E-state index in [1.807, 2.05) is 0 Å². The van der Waals surface area contributed by atoms with Gasteiger partial charge in [0, 0.05) is 5.56 Å². The fourth-order valence-corrected chi connectivity index (χ4v) is 3.65. The first-order valence-corrected chi connectivity index (χ1v) is 9.45. The zero-order chi connectivity index (χ0) is 21.8. The fourth-order valence-electron chi connectivity index (χ4n) is 3.65. The molecule has 4 aromatic rings. The van der Waals surface area contributed by atoms with Crippen LogP contribution in [0, 0.1) is 12.7 Å². The summed E-state index contributed by atoms with van der Waals surface area (Å²) in [5, 5.41) is 4.00. The lowest BCUT2D eigenvalue weighted by atomic mass is 10.0. The van der Waals surface area contributed by atoms with Crippen LogP contribution in [-0.2, 0) is 6.18 Å². The maximum atomic E-state index is 14.4. The maximum Gasteiger partial charge on any atom is 0.417 e. The molecule has 31 heavy (non-hydrogen) atoms. The highest BCUT2D eigenvalue weighted by Gasteiger charge is 2.36. The van der Waals surface area contributed by atoms with E-state index in [1.54, 1.807) is 24.3 Å². The molecule has 158 valence electrons. The molecular weight excluding hydrogens is 414 g/mol. The molecule has 0 radical (unpaired) electrons. The highest BCUT2D eigenvalue weighted by Crippen LogP contribution is 2.40. The molecule has 0 amide bonds. The van der Waals surface area contributed by atoms with Crippen LogP contribution in [0.2, 0.25) is 0 Å². The predicted octanol–water partition coefficient (Wildman–Crippen LogP) is 5.33. The molecule has 0 unspecified atom stereocenters. The van der Waals surface area contributed by atoms with Gasteiger partial charge in [-0.25, -0.2) is 14.1 Å². The molecule has 0 fully saturated rings. The van der Waals surface area contributed by atoms with Crippen LogP contribution in [0.15, 0.2) is 48.5 Å². The Labute approximate surface area is 173 Å². The molecule has 2 aromatic carbocycles. The number of pyridine rings is 1. The van der Waals surface area contributed by atoms with Crippen molar-refractivity contribution < 1.29 is 27.0 Å². The van der Waals surface area contributed by atoms with Crippen LogP contribution < -0.4 is 9.47 Å². The first-order valence-electron chi connectivity index (χ1n) is 9.45. The summed E-state index contributed by atoms with van der Waals surface area (Å²) in [4.78, 5) is 4.44. The van der Waals surface area contributed by atoms with Gasteiger partial charge in [0.2, 0.25) is 0 Å². The van der Waals surface area contributed by atoms with Gasteiger partial charge >= 0.3 is 6.18 Å². The van der Waals surface area contributed by atoms with E-state index in [2.05, 4.69) is 10.1 Å². The van der Waals surface area contributed by atoms with Crippen LogP contribution in [0.4, 0.5) is 17.6 Å². The quantitative estimate of drug-likeness (QED) is 0.405. The fraction of sp³-hybridized carbons (Fsp3) is 0.182. The van der Waals surface area contributed by atoms with Crippen LogP contribution in [0.1, 0.15) is 11.3 Å². The van der Waals surface area contributed by atoms with Crippen molar-refractivity contribution in [2.24, 2.45) is 0 Å². The third-order valence-electron chi connectivity index (χ3n) is 5.04. The van der Waals surface area contributed by atoms with Crippen molar-refractivity contribution in [2.75, 3.05) is 13.2 Å². The highest BCUT2D eigenvalue weighted by atomic mass is 19.4. The summed E-state index contributed by atoms with van der Waals surface area (Å²) in [7, 11) is 0. The number of aromatic nitrogens is 3. The third kappa shape index (κ3) is 3.26. The first kappa shape index (κ1) is 19.3. The Kier molecular flexibility index (Phi) is 4.35. The number of aryl methyl sites for hydroxylation is 1. The van der Waals surface area contributed by atoms with Gasteiger partial charge in [0.1, 0.15) is 24.7 Å². The lowest BCUT2D eigenvalue weighted by Gasteiger charge is -2.19. The second kappa shape index (κ2) is 6.97. The molecule has 1 aliphatic rings. The first-order chi connectivity index (χ1) is 14.8. The molecule has 3 heterocycles. The highest BCUT2D eigenvalue weighted by molar-refractivity contribution is 5.87. The maximum absolute atomic E-state index is 14.4. The van der Waals surface area contributed by atoms with Crippen molar-refractivity contribution in [1.29, 1.82) is 0 Å². The van der Waals surface area contributed by atoms with E-state index in [0.29, 0.717) is 30.3 Å². The number of benzene rings is 2. The summed E-state index contributed by atoms with van der Waals surface area (Å²) < 4.78 is 68.5. The summed E-state index contributed by atoms with van der Waals surface area (Å²) in [6.07, 6.45) is -4.66. The van der Waals surface area contributed by atoms with Crippen molar-refractivity contribution >= 4 is 11.0 Å². The number of fused-ring (bicyclic) bond motifs is 2. The largest absolute Gasteiger partial charge is 0.486 e. The Morgan fingerprint density at radius 1 is 0.968 bits per heavy atom. The topological polar surface area (TPSA) is 49.2 Å². The molecule has 0 saturated heterocycles. The van der Waals surface area contributed by atoms with E-state index in [0.717, 1.165) is 10.7 Å². The van der Waals surface area contributed by atoms with E-state index >= 15 is 0 Å². The molecule has 5 nitrogen and oxygen atoms in total. The van der Waals surface area contributed by atoms with Crippen LogP contribution in [0.5, 0.6) is 11.5 Å². The lowest BCUT2D eigenvalue weighted by Crippen LogP contribution is -2.15. The van der Waals surface area contributed by atoms with E-state index in [4.69, 9.17) is 9.47 Å². The Balaban J connectivity index is 1.79. The molecular formula is C22H15F4N3O2. The molecule has 0 N–H and O–H groups in total. The van der Waals surface area contributed by atoms with Crippen LogP contribution >= 0.6 is 0 Å². The third-order valence-corrected chi connectivity index (χ3v) is 5.04. The van der Waals surface area contributed by atoms with Gasteiger partial charge in [-0.1, -0.05) is 12.1 Å². The van der Waals surface area contributed by atoms with E-state index in [1.165, 1.54) is 25.1 Å². The standard InChI is InChI=1S/C22H15F4N3O2/c1-12-20-14(22(24,25)26)11-16(13-6-7-18-19(10-13)31-9-8-30-18)27-21(20)29(28-12)17-5-3-2-4-15(17)23/h2-7,10-11H,8-9H2,1H3. The zero-order valence-corrected chi connectivity index (χ0v) is 16.2. The summed E-state index contributed by atoms with van der Waals surface area (Å²) in [5.41, 5.74) is -0.373. The molecule has 2 aromatic heterocycles. The minimum atomic E-state index is -4.66. The summed E-state index contributed by atoms with van der Waals surface area (Å²) >= 11 is 0. The molecule has 0 saturated carbocycles. The number of nitrogens with zero attached hydrogens (tertiary/aromatic N) is 3. The van der Waals surface area contributed by atoms with Crippen molar-refractivity contribution in [1.82, 2.24) is 14.8 Å². The van der Waals surface area contributed by atoms with Crippen molar-refractivity contribution in [3.63, 3.8) is 0 Å². The normalized spacial score (nSPS) is 13.6. The number of ether oxygens (including phenoxy) is 2. The number of para-hydroxylation sites is 1. The second-order valence-corrected chi connectivity index (χ2v) is 7.06. The Morgan fingerprint density at radius 2 is 1.71 bits per heavy atom. The van der Waals surface area contributed by atoms with Gasteiger partial charge in [0.05, 0.1) is 22.3 Å². The lowest BCUT2D eigenvalue weighted by molar-refractivity contribution is -0.136. The summed E-state index contributed by atoms with van der Waals surface area (Å²) in [5.74, 6) is 0.323. The van der Waals surface area contributed by atoms with E-state index in [9.17, 15) is 17.6 Å². The van der Waals surface area contributed by atoms with Gasteiger partial charge in [-0.3, -0.25) is 0 Å². The molecule has 0 bridgehead atoms. The van der Waals surface area contributed by atoms with Crippen LogP contribution in [-0.4, -0.2) is 28.0 Å². The SMILES string of the molecule is Cc1nn(-c2ccccc2F)c2nc(-c3ccc4c(c3)OCCO4)cc(C(F)(F)F)c12. The molecule has 0 aliphatic carbocycles. The molecule has 0 atom stereocenters. The van der Waals surface area contributed by atoms with Gasteiger partial charge in [0.25, 0.3) is 0 Å². The van der Waals surface area contributed by atoms with E-state index in [-0.39, 0.29) is 28.1 Å². The van der Waals surface area contributed by atoms with Crippen molar-refractivity contribution in [2.45, 2.75) is 13.1 Å². The summed E-state index contributed by atoms with van der Waals surface area (Å²) in [6, 6.07) is 11.5. The number of rotatable bonds is 2. The van der Waals surface area contributed by atoms with Crippen molar-refractivity contribution in [3.05, 3.63) is 65.6 Å². The van der Waals surface area contributed by atoms with Gasteiger partial charge in [-0.05, 0) is 43.3 Å². The Morgan fingerprint density at radius 3 is 2.45 bits per heavy atom. The average Bonchev–Trinajstić information content (AvgIpc) is 3.08. The number of halogens is 4. The minimum absolute atomic E-state index is 0.0144.